The number of thioether (sulfide) groups is 1. The molecule has 1 unspecified atom stereocenters. The molecule has 0 amide bonds. The fraction of sp³-hybridized carbons (Fsp3) is 0.278. The molecule has 2 aromatic rings. The maximum atomic E-state index is 14.0. The number of carbonyl (C=O) groups excluding carboxylic acids is 1. The lowest BCUT2D eigenvalue weighted by molar-refractivity contribution is -0.160. The first-order valence-corrected chi connectivity index (χ1v) is 10.7. The summed E-state index contributed by atoms with van der Waals surface area (Å²) in [7, 11) is -3.60. The number of benzene rings is 2. The van der Waals surface area contributed by atoms with Crippen LogP contribution in [-0.4, -0.2) is 39.6 Å². The fourth-order valence-electron chi connectivity index (χ4n) is 2.06. The van der Waals surface area contributed by atoms with Crippen molar-refractivity contribution in [1.29, 1.82) is 0 Å². The van der Waals surface area contributed by atoms with E-state index < -0.39 is 33.9 Å². The van der Waals surface area contributed by atoms with Crippen molar-refractivity contribution >= 4 is 27.8 Å². The quantitative estimate of drug-likeness (QED) is 0.354. The minimum Gasteiger partial charge on any atom is -0.461 e. The minimum absolute atomic E-state index is 0.0191. The molecule has 0 bridgehead atoms. The molecule has 0 saturated heterocycles. The Labute approximate surface area is 166 Å². The second kappa shape index (κ2) is 10.4. The van der Waals surface area contributed by atoms with E-state index in [2.05, 4.69) is 14.2 Å². The molecule has 2 aromatic carbocycles. The van der Waals surface area contributed by atoms with E-state index >= 15 is 0 Å². The molecular formula is C18H19F2NO5S2. The van der Waals surface area contributed by atoms with Gasteiger partial charge in [0.1, 0.15) is 0 Å². The van der Waals surface area contributed by atoms with Crippen molar-refractivity contribution in [1.82, 2.24) is 4.72 Å². The number of ether oxygens (including phenoxy) is 2. The molecule has 0 radical (unpaired) electrons. The van der Waals surface area contributed by atoms with Crippen LogP contribution in [0.4, 0.5) is 8.78 Å². The summed E-state index contributed by atoms with van der Waals surface area (Å²) >= 11 is 1.20. The summed E-state index contributed by atoms with van der Waals surface area (Å²) in [5.41, 5.74) is 0. The molecule has 2 rings (SSSR count). The van der Waals surface area contributed by atoms with Gasteiger partial charge in [0.15, 0.2) is 11.6 Å². The Morgan fingerprint density at radius 2 is 1.93 bits per heavy atom. The van der Waals surface area contributed by atoms with E-state index in [1.165, 1.54) is 43.0 Å². The Bertz CT molecular complexity index is 894. The topological polar surface area (TPSA) is 81.7 Å². The first kappa shape index (κ1) is 22.1. The van der Waals surface area contributed by atoms with Crippen LogP contribution in [0.15, 0.2) is 58.3 Å². The van der Waals surface area contributed by atoms with E-state index in [4.69, 9.17) is 0 Å². The molecule has 1 atom stereocenters. The van der Waals surface area contributed by atoms with Gasteiger partial charge >= 0.3 is 12.3 Å². The molecule has 0 heterocycles. The maximum absolute atomic E-state index is 14.0. The summed E-state index contributed by atoms with van der Waals surface area (Å²) in [4.78, 5) is 11.8. The molecular weight excluding hydrogens is 412 g/mol. The van der Waals surface area contributed by atoms with E-state index in [0.717, 1.165) is 6.07 Å². The van der Waals surface area contributed by atoms with Crippen LogP contribution < -0.4 is 9.46 Å². The van der Waals surface area contributed by atoms with E-state index in [0.29, 0.717) is 10.6 Å². The second-order valence-corrected chi connectivity index (χ2v) is 8.27. The number of nitrogens with one attached hydrogen (secondary N) is 1. The highest BCUT2D eigenvalue weighted by atomic mass is 32.2. The van der Waals surface area contributed by atoms with Crippen LogP contribution in [0.25, 0.3) is 0 Å². The molecule has 0 aliphatic heterocycles. The lowest BCUT2D eigenvalue weighted by Crippen LogP contribution is -2.26. The van der Waals surface area contributed by atoms with Crippen molar-refractivity contribution in [3.05, 3.63) is 54.3 Å². The summed E-state index contributed by atoms with van der Waals surface area (Å²) in [5, 5.41) is 0. The molecule has 152 valence electrons. The molecule has 0 spiro atoms. The van der Waals surface area contributed by atoms with Gasteiger partial charge in [-0.1, -0.05) is 18.2 Å². The average molecular weight is 431 g/mol. The minimum atomic E-state index is -3.60. The van der Waals surface area contributed by atoms with Gasteiger partial charge < -0.3 is 9.47 Å². The van der Waals surface area contributed by atoms with Crippen molar-refractivity contribution in [2.45, 2.75) is 23.1 Å². The van der Waals surface area contributed by atoms with Crippen molar-refractivity contribution in [2.24, 2.45) is 0 Å². The van der Waals surface area contributed by atoms with Crippen LogP contribution >= 0.6 is 11.8 Å². The highest BCUT2D eigenvalue weighted by Crippen LogP contribution is 2.26. The second-order valence-electron chi connectivity index (χ2n) is 5.34. The normalized spacial score (nSPS) is 12.4. The third-order valence-electron chi connectivity index (χ3n) is 3.32. The predicted octanol–water partition coefficient (Wildman–Crippen LogP) is 3.13. The lowest BCUT2D eigenvalue weighted by Gasteiger charge is -2.12. The van der Waals surface area contributed by atoms with E-state index in [9.17, 15) is 22.0 Å². The average Bonchev–Trinajstić information content (AvgIpc) is 2.68. The Balaban J connectivity index is 1.85. The number of sulfonamides is 1. The lowest BCUT2D eigenvalue weighted by atomic mass is 10.3. The fourth-order valence-corrected chi connectivity index (χ4v) is 4.04. The smallest absolute Gasteiger partial charge is 0.381 e. The van der Waals surface area contributed by atoms with Gasteiger partial charge in [-0.3, -0.25) is 0 Å². The van der Waals surface area contributed by atoms with Gasteiger partial charge in [-0.05, 0) is 37.3 Å². The Kier molecular flexibility index (Phi) is 8.21. The van der Waals surface area contributed by atoms with Crippen molar-refractivity contribution in [2.75, 3.05) is 18.9 Å². The zero-order valence-corrected chi connectivity index (χ0v) is 16.6. The van der Waals surface area contributed by atoms with Gasteiger partial charge in [-0.15, -0.1) is 11.8 Å². The molecule has 0 aliphatic rings. The van der Waals surface area contributed by atoms with Crippen molar-refractivity contribution in [3.8, 4) is 5.75 Å². The molecule has 0 fully saturated rings. The summed E-state index contributed by atoms with van der Waals surface area (Å²) in [6.07, 6.45) is -2.42. The Hall–Kier alpha value is -2.17. The summed E-state index contributed by atoms with van der Waals surface area (Å²) < 4.78 is 63.2. The number of alkyl halides is 1. The molecule has 0 saturated carbocycles. The van der Waals surface area contributed by atoms with Gasteiger partial charge in [0, 0.05) is 17.2 Å². The van der Waals surface area contributed by atoms with Crippen molar-refractivity contribution in [3.63, 3.8) is 0 Å². The van der Waals surface area contributed by atoms with E-state index in [1.807, 2.05) is 0 Å². The van der Waals surface area contributed by atoms with Gasteiger partial charge in [0.2, 0.25) is 10.0 Å². The zero-order valence-electron chi connectivity index (χ0n) is 14.9. The summed E-state index contributed by atoms with van der Waals surface area (Å²) in [5.74, 6) is -2.15. The van der Waals surface area contributed by atoms with E-state index in [1.54, 1.807) is 18.2 Å². The standard InChI is InChI=1S/C18H19F2NO5S2/c1-2-25-18(22)17(20)26-16-9-8-13(12-15(16)19)27-11-10-21-28(23,24)14-6-4-3-5-7-14/h3-9,12,17,21H,2,10-11H2,1H3. The number of rotatable bonds is 10. The highest BCUT2D eigenvalue weighted by Gasteiger charge is 2.22. The van der Waals surface area contributed by atoms with Gasteiger partial charge in [-0.2, -0.15) is 4.39 Å². The number of esters is 1. The SMILES string of the molecule is CCOC(=O)C(F)Oc1ccc(SCCNS(=O)(=O)c2ccccc2)cc1F. The van der Waals surface area contributed by atoms with Crippen LogP contribution in [0.1, 0.15) is 6.92 Å². The Morgan fingerprint density at radius 1 is 1.21 bits per heavy atom. The van der Waals surface area contributed by atoms with Gasteiger partial charge in [-0.25, -0.2) is 22.3 Å². The zero-order chi connectivity index (χ0) is 20.6. The first-order valence-electron chi connectivity index (χ1n) is 8.28. The van der Waals surface area contributed by atoms with Crippen LogP contribution in [0.2, 0.25) is 0 Å². The van der Waals surface area contributed by atoms with Gasteiger partial charge in [0.05, 0.1) is 11.5 Å². The van der Waals surface area contributed by atoms with Crippen LogP contribution in [0.3, 0.4) is 0 Å². The Morgan fingerprint density at radius 3 is 2.57 bits per heavy atom. The van der Waals surface area contributed by atoms with Gasteiger partial charge in [0.25, 0.3) is 0 Å². The summed E-state index contributed by atoms with van der Waals surface area (Å²) in [6.45, 7) is 1.63. The number of carbonyl (C=O) groups is 1. The molecule has 0 aromatic heterocycles. The van der Waals surface area contributed by atoms with Crippen LogP contribution in [0.5, 0.6) is 5.75 Å². The predicted molar refractivity (Wildman–Crippen MR) is 101 cm³/mol. The van der Waals surface area contributed by atoms with Crippen LogP contribution in [0, 0.1) is 5.82 Å². The third kappa shape index (κ3) is 6.47. The van der Waals surface area contributed by atoms with Crippen LogP contribution in [-0.2, 0) is 19.6 Å². The first-order chi connectivity index (χ1) is 13.3. The largest absolute Gasteiger partial charge is 0.461 e. The van der Waals surface area contributed by atoms with Crippen molar-refractivity contribution < 1.29 is 31.5 Å². The van der Waals surface area contributed by atoms with E-state index in [-0.39, 0.29) is 18.0 Å². The summed E-state index contributed by atoms with van der Waals surface area (Å²) in [6, 6.07) is 11.7. The molecule has 10 heteroatoms. The number of halogens is 2. The molecule has 6 nitrogen and oxygen atoms in total. The molecule has 28 heavy (non-hydrogen) atoms. The number of hydrogen-bond donors (Lipinski definition) is 1. The monoisotopic (exact) mass is 431 g/mol. The third-order valence-corrected chi connectivity index (χ3v) is 5.79. The molecule has 1 N–H and O–H groups in total. The molecule has 0 aliphatic carbocycles. The maximum Gasteiger partial charge on any atom is 0.381 e. The highest BCUT2D eigenvalue weighted by molar-refractivity contribution is 7.99. The number of hydrogen-bond acceptors (Lipinski definition) is 6.